The van der Waals surface area contributed by atoms with E-state index in [1.54, 1.807) is 4.57 Å². The van der Waals surface area contributed by atoms with Gasteiger partial charge in [-0.05, 0) is 50.7 Å². The van der Waals surface area contributed by atoms with Crippen molar-refractivity contribution in [1.29, 1.82) is 0 Å². The van der Waals surface area contributed by atoms with Crippen LogP contribution in [0.2, 0.25) is 5.02 Å². The van der Waals surface area contributed by atoms with Gasteiger partial charge >= 0.3 is 6.09 Å². The zero-order valence-corrected chi connectivity index (χ0v) is 21.1. The summed E-state index contributed by atoms with van der Waals surface area (Å²) in [6.45, 7) is 0.774. The molecule has 2 amide bonds. The standard InChI is InChI=1S/C24H27ClF2N8O3/c25-13-8-16(26)19(17(27)9-13)32-23-31-18-10-29-22(30-14-2-1-7-34(11-14)24(37)38)33-21(18)35(23)15-5-3-12(4-6-15)20(28)36/h8-10,12,14-15H,1-7,11H2,(H2,28,36)(H,31,32)(H,37,38)(H,29,30,33)/t12-,14?,15-. The fourth-order valence-electron chi connectivity index (χ4n) is 5.24. The summed E-state index contributed by atoms with van der Waals surface area (Å²) >= 11 is 5.78. The lowest BCUT2D eigenvalue weighted by Gasteiger charge is -2.31. The number of primary amides is 1. The molecule has 1 aromatic carbocycles. The van der Waals surface area contributed by atoms with E-state index in [9.17, 15) is 23.5 Å². The van der Waals surface area contributed by atoms with E-state index in [0.717, 1.165) is 18.6 Å². The van der Waals surface area contributed by atoms with Crippen molar-refractivity contribution < 1.29 is 23.5 Å². The van der Waals surface area contributed by atoms with Gasteiger partial charge in [-0.25, -0.2) is 23.5 Å². The first-order valence-electron chi connectivity index (χ1n) is 12.4. The van der Waals surface area contributed by atoms with Crippen molar-refractivity contribution in [2.24, 2.45) is 11.7 Å². The van der Waals surface area contributed by atoms with Crippen LogP contribution >= 0.6 is 11.6 Å². The Hall–Kier alpha value is -3.74. The van der Waals surface area contributed by atoms with E-state index in [-0.39, 0.29) is 40.8 Å². The van der Waals surface area contributed by atoms with E-state index in [1.807, 2.05) is 0 Å². The molecule has 2 fully saturated rings. The minimum atomic E-state index is -0.977. The van der Waals surface area contributed by atoms with Gasteiger partial charge in [0, 0.05) is 36.1 Å². The first-order valence-corrected chi connectivity index (χ1v) is 12.8. The van der Waals surface area contributed by atoms with Crippen LogP contribution in [0.3, 0.4) is 0 Å². The lowest BCUT2D eigenvalue weighted by molar-refractivity contribution is -0.122. The smallest absolute Gasteiger partial charge is 0.407 e. The van der Waals surface area contributed by atoms with Gasteiger partial charge in [0.25, 0.3) is 0 Å². The molecule has 0 spiro atoms. The predicted molar refractivity (Wildman–Crippen MR) is 136 cm³/mol. The van der Waals surface area contributed by atoms with Gasteiger partial charge in [-0.2, -0.15) is 4.98 Å². The fourth-order valence-corrected chi connectivity index (χ4v) is 5.43. The number of hydrogen-bond donors (Lipinski definition) is 4. The second-order valence-corrected chi connectivity index (χ2v) is 10.1. The van der Waals surface area contributed by atoms with Gasteiger partial charge in [-0.15, -0.1) is 0 Å². The third-order valence-corrected chi connectivity index (χ3v) is 7.38. The molecular weight excluding hydrogens is 522 g/mol. The normalized spacial score (nSPS) is 21.9. The van der Waals surface area contributed by atoms with Crippen LogP contribution in [-0.2, 0) is 4.79 Å². The van der Waals surface area contributed by atoms with Gasteiger partial charge < -0.3 is 26.4 Å². The van der Waals surface area contributed by atoms with Crippen LogP contribution in [-0.4, -0.2) is 60.7 Å². The quantitative estimate of drug-likeness (QED) is 0.356. The molecular formula is C24H27ClF2N8O3. The number of likely N-dealkylation sites (tertiary alicyclic amines) is 1. The van der Waals surface area contributed by atoms with Gasteiger partial charge in [-0.3, -0.25) is 9.36 Å². The summed E-state index contributed by atoms with van der Waals surface area (Å²) in [6, 6.07) is 1.67. The van der Waals surface area contributed by atoms with Crippen molar-refractivity contribution in [2.75, 3.05) is 23.7 Å². The van der Waals surface area contributed by atoms with Crippen molar-refractivity contribution in [3.63, 3.8) is 0 Å². The highest BCUT2D eigenvalue weighted by Gasteiger charge is 2.30. The van der Waals surface area contributed by atoms with Crippen molar-refractivity contribution in [3.05, 3.63) is 35.0 Å². The van der Waals surface area contributed by atoms with E-state index >= 15 is 0 Å². The van der Waals surface area contributed by atoms with Crippen molar-refractivity contribution >= 4 is 52.3 Å². The van der Waals surface area contributed by atoms with E-state index < -0.39 is 23.4 Å². The van der Waals surface area contributed by atoms with Gasteiger partial charge in [0.05, 0.1) is 6.20 Å². The Kier molecular flexibility index (Phi) is 7.19. The molecule has 1 aliphatic carbocycles. The molecule has 1 saturated heterocycles. The van der Waals surface area contributed by atoms with Crippen LogP contribution in [0.1, 0.15) is 44.6 Å². The van der Waals surface area contributed by atoms with Crippen molar-refractivity contribution in [3.8, 4) is 0 Å². The summed E-state index contributed by atoms with van der Waals surface area (Å²) in [6.07, 6.45) is 4.29. The van der Waals surface area contributed by atoms with E-state index in [4.69, 9.17) is 17.3 Å². The lowest BCUT2D eigenvalue weighted by Crippen LogP contribution is -2.44. The third-order valence-electron chi connectivity index (χ3n) is 7.17. The molecule has 0 bridgehead atoms. The first kappa shape index (κ1) is 25.9. The minimum Gasteiger partial charge on any atom is -0.465 e. The van der Waals surface area contributed by atoms with Gasteiger partial charge in [-0.1, -0.05) is 11.6 Å². The number of aromatic nitrogens is 4. The molecule has 1 aliphatic heterocycles. The lowest BCUT2D eigenvalue weighted by atomic mass is 9.85. The third kappa shape index (κ3) is 5.28. The highest BCUT2D eigenvalue weighted by atomic mass is 35.5. The molecule has 1 unspecified atom stereocenters. The number of piperidine rings is 1. The molecule has 0 radical (unpaired) electrons. The van der Waals surface area contributed by atoms with Crippen molar-refractivity contribution in [2.45, 2.75) is 50.6 Å². The summed E-state index contributed by atoms with van der Waals surface area (Å²) in [5.41, 5.74) is 5.94. The Morgan fingerprint density at radius 2 is 1.82 bits per heavy atom. The summed E-state index contributed by atoms with van der Waals surface area (Å²) in [7, 11) is 0. The van der Waals surface area contributed by atoms with Gasteiger partial charge in [0.1, 0.15) is 11.2 Å². The molecule has 5 rings (SSSR count). The van der Waals surface area contributed by atoms with Crippen LogP contribution in [0.25, 0.3) is 11.2 Å². The van der Waals surface area contributed by atoms with E-state index in [2.05, 4.69) is 25.6 Å². The van der Waals surface area contributed by atoms with Crippen LogP contribution in [0.15, 0.2) is 18.3 Å². The number of hydrogen-bond acceptors (Lipinski definition) is 7. The second-order valence-electron chi connectivity index (χ2n) is 9.70. The molecule has 3 heterocycles. The summed E-state index contributed by atoms with van der Waals surface area (Å²) in [5, 5.41) is 15.2. The minimum absolute atomic E-state index is 0.0745. The molecule has 5 N–H and O–H groups in total. The number of halogens is 3. The SMILES string of the molecule is NC(=O)[C@H]1CC[C@H](n2c(Nc3c(F)cc(Cl)cc3F)nc3cnc(NC4CCCN(C(=O)O)C4)nc32)CC1. The Morgan fingerprint density at radius 3 is 2.47 bits per heavy atom. The number of fused-ring (bicyclic) bond motifs is 1. The van der Waals surface area contributed by atoms with E-state index in [1.165, 1.54) is 11.1 Å². The fraction of sp³-hybridized carbons (Fsp3) is 0.458. The molecule has 1 atom stereocenters. The van der Waals surface area contributed by atoms with Crippen LogP contribution in [0.5, 0.6) is 0 Å². The number of imidazole rings is 1. The molecule has 38 heavy (non-hydrogen) atoms. The van der Waals surface area contributed by atoms with Crippen LogP contribution in [0.4, 0.5) is 31.2 Å². The highest BCUT2D eigenvalue weighted by Crippen LogP contribution is 2.37. The number of nitrogens with one attached hydrogen (secondary N) is 2. The molecule has 1 saturated carbocycles. The zero-order chi connectivity index (χ0) is 27.0. The van der Waals surface area contributed by atoms with Gasteiger partial charge in [0.2, 0.25) is 17.8 Å². The molecule has 2 aromatic heterocycles. The summed E-state index contributed by atoms with van der Waals surface area (Å²) < 4.78 is 31.0. The first-order chi connectivity index (χ1) is 18.2. The maximum Gasteiger partial charge on any atom is 0.407 e. The molecule has 3 aromatic rings. The number of carbonyl (C=O) groups excluding carboxylic acids is 1. The number of nitrogens with zero attached hydrogens (tertiary/aromatic N) is 5. The van der Waals surface area contributed by atoms with Gasteiger partial charge in [0.15, 0.2) is 17.3 Å². The molecule has 14 heteroatoms. The number of benzene rings is 1. The largest absolute Gasteiger partial charge is 0.465 e. The Bertz CT molecular complexity index is 1360. The Balaban J connectivity index is 1.50. The number of carboxylic acid groups (broad SMARTS) is 1. The zero-order valence-electron chi connectivity index (χ0n) is 20.3. The Morgan fingerprint density at radius 1 is 1.11 bits per heavy atom. The average molecular weight is 549 g/mol. The van der Waals surface area contributed by atoms with Crippen LogP contribution in [0, 0.1) is 17.6 Å². The topological polar surface area (TPSA) is 151 Å². The monoisotopic (exact) mass is 548 g/mol. The highest BCUT2D eigenvalue weighted by molar-refractivity contribution is 6.30. The maximum atomic E-state index is 14.6. The number of amides is 2. The maximum absolute atomic E-state index is 14.6. The number of nitrogens with two attached hydrogens (primary N) is 1. The second kappa shape index (κ2) is 10.6. The van der Waals surface area contributed by atoms with Crippen LogP contribution < -0.4 is 16.4 Å². The summed E-state index contributed by atoms with van der Waals surface area (Å²) in [5.74, 6) is -1.88. The number of anilines is 3. The molecule has 11 nitrogen and oxygen atoms in total. The van der Waals surface area contributed by atoms with Crippen molar-refractivity contribution in [1.82, 2.24) is 24.4 Å². The summed E-state index contributed by atoms with van der Waals surface area (Å²) in [4.78, 5) is 38.0. The Labute approximate surface area is 221 Å². The van der Waals surface area contributed by atoms with E-state index in [0.29, 0.717) is 56.4 Å². The number of rotatable bonds is 6. The molecule has 2 aliphatic rings. The predicted octanol–water partition coefficient (Wildman–Crippen LogP) is 4.27. The average Bonchev–Trinajstić information content (AvgIpc) is 3.23. The number of carbonyl (C=O) groups is 2. The molecule has 202 valence electrons.